The van der Waals surface area contributed by atoms with Gasteiger partial charge in [0.1, 0.15) is 10.3 Å². The maximum absolute atomic E-state index is 5.95. The lowest BCUT2D eigenvalue weighted by molar-refractivity contribution is 0.578. The first-order chi connectivity index (χ1) is 9.81. The molecule has 6 nitrogen and oxygen atoms in total. The van der Waals surface area contributed by atoms with E-state index in [0.29, 0.717) is 33.5 Å². The van der Waals surface area contributed by atoms with Crippen LogP contribution in [0.1, 0.15) is 0 Å². The van der Waals surface area contributed by atoms with Crippen molar-refractivity contribution in [3.05, 3.63) is 36.8 Å². The first-order valence-electron chi connectivity index (χ1n) is 5.83. The number of nitrogens with zero attached hydrogens (tertiary/aromatic N) is 3. The molecule has 2 N–H and O–H groups in total. The summed E-state index contributed by atoms with van der Waals surface area (Å²) >= 11 is 1.40. The standard InChI is InChI=1S/C13H8N4O2S/c14-10-9-13(17-11(16-10)7-3-1-5-18-7)20-12(15-9)8-4-2-6-19-8/h1-6H,(H2,14,16,17). The Bertz CT molecular complexity index is 865. The normalized spacial score (nSPS) is 11.2. The number of aromatic nitrogens is 3. The van der Waals surface area contributed by atoms with Crippen LogP contribution in [-0.4, -0.2) is 15.0 Å². The molecule has 0 aliphatic heterocycles. The first-order valence-corrected chi connectivity index (χ1v) is 6.65. The van der Waals surface area contributed by atoms with Crippen molar-refractivity contribution in [2.75, 3.05) is 5.73 Å². The van der Waals surface area contributed by atoms with Crippen molar-refractivity contribution in [1.29, 1.82) is 0 Å². The summed E-state index contributed by atoms with van der Waals surface area (Å²) in [7, 11) is 0. The molecular weight excluding hydrogens is 276 g/mol. The fraction of sp³-hybridized carbons (Fsp3) is 0. The van der Waals surface area contributed by atoms with Gasteiger partial charge in [0, 0.05) is 0 Å². The average Bonchev–Trinajstić information content (AvgIpc) is 3.19. The van der Waals surface area contributed by atoms with Gasteiger partial charge in [-0.2, -0.15) is 0 Å². The summed E-state index contributed by atoms with van der Waals surface area (Å²) in [6, 6.07) is 7.22. The van der Waals surface area contributed by atoms with E-state index in [1.807, 2.05) is 12.1 Å². The van der Waals surface area contributed by atoms with Crippen LogP contribution in [0.2, 0.25) is 0 Å². The third-order valence-electron chi connectivity index (χ3n) is 2.76. The highest BCUT2D eigenvalue weighted by Crippen LogP contribution is 2.32. The van der Waals surface area contributed by atoms with Crippen molar-refractivity contribution in [1.82, 2.24) is 15.0 Å². The quantitative estimate of drug-likeness (QED) is 0.608. The van der Waals surface area contributed by atoms with E-state index in [1.54, 1.807) is 24.7 Å². The molecule has 98 valence electrons. The first kappa shape index (κ1) is 11.2. The average molecular weight is 284 g/mol. The SMILES string of the molecule is Nc1nc(-c2ccco2)nc2sc(-c3ccco3)nc12. The summed E-state index contributed by atoms with van der Waals surface area (Å²) in [5.41, 5.74) is 6.53. The number of hydrogen-bond donors (Lipinski definition) is 1. The number of fused-ring (bicyclic) bond motifs is 1. The maximum atomic E-state index is 5.95. The van der Waals surface area contributed by atoms with Crippen LogP contribution in [0.4, 0.5) is 5.82 Å². The smallest absolute Gasteiger partial charge is 0.199 e. The van der Waals surface area contributed by atoms with Crippen LogP contribution in [0.5, 0.6) is 0 Å². The van der Waals surface area contributed by atoms with E-state index in [-0.39, 0.29) is 0 Å². The molecule has 0 saturated carbocycles. The summed E-state index contributed by atoms with van der Waals surface area (Å²) in [6.45, 7) is 0. The van der Waals surface area contributed by atoms with Gasteiger partial charge in [-0.05, 0) is 24.3 Å². The van der Waals surface area contributed by atoms with E-state index in [1.165, 1.54) is 11.3 Å². The second-order valence-electron chi connectivity index (χ2n) is 4.06. The molecule has 0 saturated heterocycles. The number of nitrogen functional groups attached to an aromatic ring is 1. The summed E-state index contributed by atoms with van der Waals surface area (Å²) in [5, 5.41) is 0.725. The minimum Gasteiger partial charge on any atom is -0.462 e. The highest BCUT2D eigenvalue weighted by Gasteiger charge is 2.15. The highest BCUT2D eigenvalue weighted by molar-refractivity contribution is 7.21. The summed E-state index contributed by atoms with van der Waals surface area (Å²) < 4.78 is 10.6. The Kier molecular flexibility index (Phi) is 2.33. The van der Waals surface area contributed by atoms with Crippen LogP contribution in [-0.2, 0) is 0 Å². The number of furan rings is 2. The minimum absolute atomic E-state index is 0.329. The van der Waals surface area contributed by atoms with Crippen molar-refractivity contribution in [2.24, 2.45) is 0 Å². The Morgan fingerprint density at radius 1 is 0.950 bits per heavy atom. The van der Waals surface area contributed by atoms with Gasteiger partial charge in [-0.3, -0.25) is 0 Å². The Balaban J connectivity index is 1.92. The molecule has 4 aromatic rings. The molecule has 0 spiro atoms. The molecule has 0 atom stereocenters. The van der Waals surface area contributed by atoms with Crippen molar-refractivity contribution in [3.63, 3.8) is 0 Å². The van der Waals surface area contributed by atoms with E-state index in [0.717, 1.165) is 5.01 Å². The van der Waals surface area contributed by atoms with Gasteiger partial charge < -0.3 is 14.6 Å². The maximum Gasteiger partial charge on any atom is 0.199 e. The van der Waals surface area contributed by atoms with Gasteiger partial charge in [0.05, 0.1) is 12.5 Å². The molecule has 0 fully saturated rings. The third-order valence-corrected chi connectivity index (χ3v) is 3.72. The molecule has 20 heavy (non-hydrogen) atoms. The van der Waals surface area contributed by atoms with Gasteiger partial charge in [0.25, 0.3) is 0 Å². The molecule has 4 aromatic heterocycles. The van der Waals surface area contributed by atoms with Gasteiger partial charge in [-0.15, -0.1) is 0 Å². The van der Waals surface area contributed by atoms with E-state index < -0.39 is 0 Å². The molecule has 7 heteroatoms. The lowest BCUT2D eigenvalue weighted by atomic mass is 10.4. The number of rotatable bonds is 2. The van der Waals surface area contributed by atoms with Crippen molar-refractivity contribution in [2.45, 2.75) is 0 Å². The predicted octanol–water partition coefficient (Wildman–Crippen LogP) is 3.19. The molecule has 0 amide bonds. The fourth-order valence-corrected chi connectivity index (χ4v) is 2.78. The van der Waals surface area contributed by atoms with Gasteiger partial charge in [0.2, 0.25) is 0 Å². The zero-order valence-corrected chi connectivity index (χ0v) is 10.9. The van der Waals surface area contributed by atoms with Gasteiger partial charge in [-0.25, -0.2) is 15.0 Å². The van der Waals surface area contributed by atoms with Crippen molar-refractivity contribution >= 4 is 27.5 Å². The van der Waals surface area contributed by atoms with Crippen LogP contribution in [0.3, 0.4) is 0 Å². The summed E-state index contributed by atoms with van der Waals surface area (Å²) in [4.78, 5) is 13.8. The summed E-state index contributed by atoms with van der Waals surface area (Å²) in [6.07, 6.45) is 3.17. The molecule has 0 aliphatic rings. The van der Waals surface area contributed by atoms with Crippen LogP contribution >= 0.6 is 11.3 Å². The number of thiazole rings is 1. The lowest BCUT2D eigenvalue weighted by Gasteiger charge is -1.97. The molecule has 0 aliphatic carbocycles. The Hall–Kier alpha value is -2.67. The molecule has 0 radical (unpaired) electrons. The predicted molar refractivity (Wildman–Crippen MR) is 75.0 cm³/mol. The van der Waals surface area contributed by atoms with E-state index in [2.05, 4.69) is 15.0 Å². The molecule has 4 heterocycles. The largest absolute Gasteiger partial charge is 0.462 e. The number of nitrogens with two attached hydrogens (primary N) is 1. The van der Waals surface area contributed by atoms with Crippen LogP contribution in [0, 0.1) is 0 Å². The second-order valence-corrected chi connectivity index (χ2v) is 5.04. The van der Waals surface area contributed by atoms with Crippen molar-refractivity contribution in [3.8, 4) is 22.4 Å². The highest BCUT2D eigenvalue weighted by atomic mass is 32.1. The lowest BCUT2D eigenvalue weighted by Crippen LogP contribution is -1.96. The Morgan fingerprint density at radius 2 is 1.70 bits per heavy atom. The summed E-state index contributed by atoms with van der Waals surface area (Å²) in [5.74, 6) is 2.04. The van der Waals surface area contributed by atoms with Gasteiger partial charge >= 0.3 is 0 Å². The molecule has 0 bridgehead atoms. The number of anilines is 1. The molecule has 0 unspecified atom stereocenters. The Morgan fingerprint density at radius 3 is 2.40 bits per heavy atom. The van der Waals surface area contributed by atoms with E-state index in [4.69, 9.17) is 14.6 Å². The zero-order valence-electron chi connectivity index (χ0n) is 10.1. The Labute approximate surface area is 116 Å². The van der Waals surface area contributed by atoms with Crippen LogP contribution in [0.15, 0.2) is 45.6 Å². The minimum atomic E-state index is 0.329. The van der Waals surface area contributed by atoms with E-state index >= 15 is 0 Å². The molecule has 0 aromatic carbocycles. The zero-order chi connectivity index (χ0) is 13.5. The number of hydrogen-bond acceptors (Lipinski definition) is 7. The van der Waals surface area contributed by atoms with Crippen molar-refractivity contribution < 1.29 is 8.83 Å². The van der Waals surface area contributed by atoms with Crippen LogP contribution < -0.4 is 5.73 Å². The topological polar surface area (TPSA) is 91.0 Å². The van der Waals surface area contributed by atoms with Crippen LogP contribution in [0.25, 0.3) is 32.7 Å². The van der Waals surface area contributed by atoms with Gasteiger partial charge in [0.15, 0.2) is 28.2 Å². The molecular formula is C13H8N4O2S. The van der Waals surface area contributed by atoms with E-state index in [9.17, 15) is 0 Å². The fourth-order valence-electron chi connectivity index (χ4n) is 1.86. The second kappa shape index (κ2) is 4.17. The third kappa shape index (κ3) is 1.68. The molecule has 4 rings (SSSR count). The monoisotopic (exact) mass is 284 g/mol. The van der Waals surface area contributed by atoms with Gasteiger partial charge in [-0.1, -0.05) is 11.3 Å².